The zero-order chi connectivity index (χ0) is 17.9. The molecule has 0 unspecified atom stereocenters. The summed E-state index contributed by atoms with van der Waals surface area (Å²) in [6.07, 6.45) is 0.102. The summed E-state index contributed by atoms with van der Waals surface area (Å²) in [5, 5.41) is 5.47. The van der Waals surface area contributed by atoms with Gasteiger partial charge in [0.05, 0.1) is 6.54 Å². The fraction of sp³-hybridized carbons (Fsp3) is 0.412. The molecule has 2 amide bonds. The van der Waals surface area contributed by atoms with Gasteiger partial charge in [-0.2, -0.15) is 13.2 Å². The van der Waals surface area contributed by atoms with E-state index in [1.165, 1.54) is 18.0 Å². The molecule has 25 heavy (non-hydrogen) atoms. The first-order chi connectivity index (χ1) is 11.9. The van der Waals surface area contributed by atoms with Crippen LogP contribution in [0, 0.1) is 0 Å². The van der Waals surface area contributed by atoms with E-state index in [9.17, 15) is 18.0 Å². The van der Waals surface area contributed by atoms with Crippen LogP contribution in [0.2, 0.25) is 0 Å². The van der Waals surface area contributed by atoms with E-state index >= 15 is 0 Å². The van der Waals surface area contributed by atoms with Gasteiger partial charge in [0.1, 0.15) is 12.4 Å². The highest BCUT2D eigenvalue weighted by Crippen LogP contribution is 2.36. The predicted octanol–water partition coefficient (Wildman–Crippen LogP) is 3.19. The quantitative estimate of drug-likeness (QED) is 0.868. The molecule has 2 atom stereocenters. The van der Waals surface area contributed by atoms with Crippen LogP contribution in [0.5, 0.6) is 0 Å². The van der Waals surface area contributed by atoms with E-state index < -0.39 is 18.8 Å². The standard InChI is InChI=1S/C17H19F3N4O/c18-17(19,20)11-24-9-8-21-15(24)10-22-16(25)23-14-7-6-13(14)12-4-2-1-3-5-12/h1-5,8-9,13-14H,6-7,10-11H2,(H2,22,23,25)/t13-,14-/m1/s1. The first kappa shape index (κ1) is 17.3. The van der Waals surface area contributed by atoms with E-state index in [4.69, 9.17) is 0 Å². The highest BCUT2D eigenvalue weighted by Gasteiger charge is 2.33. The van der Waals surface area contributed by atoms with Gasteiger partial charge in [0, 0.05) is 24.4 Å². The molecule has 1 saturated carbocycles. The Morgan fingerprint density at radius 2 is 2.00 bits per heavy atom. The van der Waals surface area contributed by atoms with Crippen molar-refractivity contribution < 1.29 is 18.0 Å². The van der Waals surface area contributed by atoms with E-state index in [-0.39, 0.29) is 24.3 Å². The molecule has 1 aromatic carbocycles. The molecule has 1 fully saturated rings. The molecule has 1 aliphatic carbocycles. The summed E-state index contributed by atoms with van der Waals surface area (Å²) in [5.74, 6) is 0.444. The minimum Gasteiger partial charge on any atom is -0.335 e. The molecule has 3 rings (SSSR count). The minimum atomic E-state index is -4.33. The highest BCUT2D eigenvalue weighted by atomic mass is 19.4. The second-order valence-electron chi connectivity index (χ2n) is 6.11. The van der Waals surface area contributed by atoms with Crippen LogP contribution < -0.4 is 10.6 Å². The van der Waals surface area contributed by atoms with Crippen LogP contribution in [0.25, 0.3) is 0 Å². The molecule has 0 spiro atoms. The van der Waals surface area contributed by atoms with Gasteiger partial charge in [-0.1, -0.05) is 30.3 Å². The number of carbonyl (C=O) groups excluding carboxylic acids is 1. The lowest BCUT2D eigenvalue weighted by molar-refractivity contribution is -0.141. The van der Waals surface area contributed by atoms with Crippen LogP contribution in [0.3, 0.4) is 0 Å². The van der Waals surface area contributed by atoms with E-state index in [1.807, 2.05) is 30.3 Å². The third-order valence-corrected chi connectivity index (χ3v) is 4.38. The molecule has 0 bridgehead atoms. The molecular weight excluding hydrogens is 333 g/mol. The molecule has 134 valence electrons. The number of imidazole rings is 1. The van der Waals surface area contributed by atoms with Gasteiger partial charge in [0.15, 0.2) is 0 Å². The molecular formula is C17H19F3N4O. The lowest BCUT2D eigenvalue weighted by atomic mass is 9.75. The third kappa shape index (κ3) is 4.52. The first-order valence-electron chi connectivity index (χ1n) is 8.08. The summed E-state index contributed by atoms with van der Waals surface area (Å²) >= 11 is 0. The molecule has 1 aromatic heterocycles. The van der Waals surface area contributed by atoms with Crippen LogP contribution >= 0.6 is 0 Å². The number of carbonyl (C=O) groups is 1. The molecule has 0 aliphatic heterocycles. The number of benzene rings is 1. The molecule has 2 aromatic rings. The van der Waals surface area contributed by atoms with Crippen LogP contribution in [0.1, 0.15) is 30.1 Å². The number of hydrogen-bond acceptors (Lipinski definition) is 2. The molecule has 1 heterocycles. The fourth-order valence-electron chi connectivity index (χ4n) is 3.00. The van der Waals surface area contributed by atoms with Crippen molar-refractivity contribution in [2.24, 2.45) is 0 Å². The van der Waals surface area contributed by atoms with Crippen LogP contribution in [0.15, 0.2) is 42.7 Å². The molecule has 0 radical (unpaired) electrons. The zero-order valence-electron chi connectivity index (χ0n) is 13.5. The fourth-order valence-corrected chi connectivity index (χ4v) is 3.00. The van der Waals surface area contributed by atoms with Gasteiger partial charge < -0.3 is 15.2 Å². The highest BCUT2D eigenvalue weighted by molar-refractivity contribution is 5.74. The maximum Gasteiger partial charge on any atom is 0.406 e. The maximum absolute atomic E-state index is 12.5. The van der Waals surface area contributed by atoms with Crippen molar-refractivity contribution in [2.45, 2.75) is 44.1 Å². The Balaban J connectivity index is 1.50. The van der Waals surface area contributed by atoms with Gasteiger partial charge in [0.2, 0.25) is 0 Å². The number of halogens is 3. The van der Waals surface area contributed by atoms with Crippen LogP contribution in [-0.4, -0.2) is 27.8 Å². The summed E-state index contributed by atoms with van der Waals surface area (Å²) in [7, 11) is 0. The summed E-state index contributed by atoms with van der Waals surface area (Å²) in [6.45, 7) is -1.18. The van der Waals surface area contributed by atoms with Gasteiger partial charge in [-0.15, -0.1) is 0 Å². The Labute approximate surface area is 143 Å². The Morgan fingerprint density at radius 1 is 1.24 bits per heavy atom. The van der Waals surface area contributed by atoms with Crippen molar-refractivity contribution in [2.75, 3.05) is 0 Å². The number of urea groups is 1. The second-order valence-corrected chi connectivity index (χ2v) is 6.11. The Kier molecular flexibility index (Phi) is 4.96. The van der Waals surface area contributed by atoms with Crippen molar-refractivity contribution in [1.29, 1.82) is 0 Å². The number of aromatic nitrogens is 2. The lowest BCUT2D eigenvalue weighted by Crippen LogP contribution is -2.49. The number of amides is 2. The van der Waals surface area contributed by atoms with Crippen molar-refractivity contribution in [1.82, 2.24) is 20.2 Å². The Bertz CT molecular complexity index is 714. The predicted molar refractivity (Wildman–Crippen MR) is 85.9 cm³/mol. The van der Waals surface area contributed by atoms with Gasteiger partial charge in [-0.25, -0.2) is 9.78 Å². The molecule has 0 saturated heterocycles. The molecule has 8 heteroatoms. The largest absolute Gasteiger partial charge is 0.406 e. The summed E-state index contributed by atoms with van der Waals surface area (Å²) in [4.78, 5) is 15.9. The second kappa shape index (κ2) is 7.16. The summed E-state index contributed by atoms with van der Waals surface area (Å²) in [6, 6.07) is 9.58. The van der Waals surface area contributed by atoms with Gasteiger partial charge in [0.25, 0.3) is 0 Å². The monoisotopic (exact) mass is 352 g/mol. The van der Waals surface area contributed by atoms with E-state index in [1.54, 1.807) is 0 Å². The average Bonchev–Trinajstić information content (AvgIpc) is 2.96. The zero-order valence-corrected chi connectivity index (χ0v) is 13.5. The van der Waals surface area contributed by atoms with Crippen molar-refractivity contribution in [3.63, 3.8) is 0 Å². The SMILES string of the molecule is O=C(NCc1nccn1CC(F)(F)F)N[C@@H]1CC[C@@H]1c1ccccc1. The molecule has 5 nitrogen and oxygen atoms in total. The van der Waals surface area contributed by atoms with Gasteiger partial charge in [-0.05, 0) is 18.4 Å². The van der Waals surface area contributed by atoms with Gasteiger partial charge in [-0.3, -0.25) is 0 Å². The van der Waals surface area contributed by atoms with Crippen molar-refractivity contribution in [3.05, 3.63) is 54.1 Å². The number of nitrogens with one attached hydrogen (secondary N) is 2. The Hall–Kier alpha value is -2.51. The normalized spacial score (nSPS) is 20.0. The van der Waals surface area contributed by atoms with E-state index in [0.717, 1.165) is 17.4 Å². The van der Waals surface area contributed by atoms with Crippen LogP contribution in [-0.2, 0) is 13.1 Å². The minimum absolute atomic E-state index is 0.0392. The van der Waals surface area contributed by atoms with Crippen molar-refractivity contribution >= 4 is 6.03 Å². The van der Waals surface area contributed by atoms with Crippen LogP contribution in [0.4, 0.5) is 18.0 Å². The summed E-state index contributed by atoms with van der Waals surface area (Å²) in [5.41, 5.74) is 1.18. The first-order valence-corrected chi connectivity index (χ1v) is 8.08. The summed E-state index contributed by atoms with van der Waals surface area (Å²) < 4.78 is 38.4. The van der Waals surface area contributed by atoms with Gasteiger partial charge >= 0.3 is 12.2 Å². The molecule has 2 N–H and O–H groups in total. The smallest absolute Gasteiger partial charge is 0.335 e. The number of hydrogen-bond donors (Lipinski definition) is 2. The van der Waals surface area contributed by atoms with E-state index in [0.29, 0.717) is 0 Å². The maximum atomic E-state index is 12.5. The van der Waals surface area contributed by atoms with E-state index in [2.05, 4.69) is 15.6 Å². The average molecular weight is 352 g/mol. The lowest BCUT2D eigenvalue weighted by Gasteiger charge is -2.37. The Morgan fingerprint density at radius 3 is 2.64 bits per heavy atom. The number of alkyl halides is 3. The molecule has 1 aliphatic rings. The third-order valence-electron chi connectivity index (χ3n) is 4.38. The number of rotatable bonds is 5. The topological polar surface area (TPSA) is 59.0 Å². The van der Waals surface area contributed by atoms with Crippen molar-refractivity contribution in [3.8, 4) is 0 Å². The number of nitrogens with zero attached hydrogens (tertiary/aromatic N) is 2.